The van der Waals surface area contributed by atoms with Gasteiger partial charge in [0.15, 0.2) is 0 Å². The van der Waals surface area contributed by atoms with E-state index < -0.39 is 6.10 Å². The Morgan fingerprint density at radius 1 is 1.05 bits per heavy atom. The predicted molar refractivity (Wildman–Crippen MR) is 86.4 cm³/mol. The summed E-state index contributed by atoms with van der Waals surface area (Å²) in [5, 5.41) is 12.9. The zero-order chi connectivity index (χ0) is 14.1. The van der Waals surface area contributed by atoms with Crippen molar-refractivity contribution in [3.05, 3.63) is 69.4 Å². The Labute approximate surface area is 123 Å². The van der Waals surface area contributed by atoms with Crippen LogP contribution in [-0.2, 0) is 6.42 Å². The van der Waals surface area contributed by atoms with Crippen LogP contribution in [0.15, 0.2) is 48.5 Å². The molecule has 0 aliphatic heterocycles. The van der Waals surface area contributed by atoms with Crippen molar-refractivity contribution in [1.29, 1.82) is 0 Å². The van der Waals surface area contributed by atoms with E-state index in [0.717, 1.165) is 4.88 Å². The van der Waals surface area contributed by atoms with Gasteiger partial charge in [0.25, 0.3) is 0 Å². The number of aliphatic hydroxyl groups is 1. The summed E-state index contributed by atoms with van der Waals surface area (Å²) in [6, 6.07) is 16.7. The number of aryl methyl sites for hydroxylation is 2. The van der Waals surface area contributed by atoms with E-state index in [1.807, 2.05) is 0 Å². The van der Waals surface area contributed by atoms with Gasteiger partial charge in [-0.1, -0.05) is 42.5 Å². The van der Waals surface area contributed by atoms with Crippen LogP contribution in [0.2, 0.25) is 0 Å². The Kier molecular flexibility index (Phi) is 3.60. The van der Waals surface area contributed by atoms with E-state index in [1.54, 1.807) is 11.3 Å². The molecule has 1 atom stereocenters. The van der Waals surface area contributed by atoms with Crippen LogP contribution in [-0.4, -0.2) is 5.11 Å². The zero-order valence-corrected chi connectivity index (χ0v) is 12.6. The molecule has 20 heavy (non-hydrogen) atoms. The van der Waals surface area contributed by atoms with Crippen LogP contribution in [0, 0.1) is 13.8 Å². The molecule has 0 aliphatic carbocycles. The lowest BCUT2D eigenvalue weighted by molar-refractivity contribution is 0.182. The van der Waals surface area contributed by atoms with Crippen molar-refractivity contribution in [2.45, 2.75) is 26.4 Å². The van der Waals surface area contributed by atoms with Crippen molar-refractivity contribution in [2.75, 3.05) is 0 Å². The highest BCUT2D eigenvalue weighted by atomic mass is 32.1. The van der Waals surface area contributed by atoms with E-state index in [2.05, 4.69) is 62.4 Å². The van der Waals surface area contributed by atoms with Crippen molar-refractivity contribution < 1.29 is 5.11 Å². The quantitative estimate of drug-likeness (QED) is 0.732. The number of thiophene rings is 1. The molecule has 0 aliphatic rings. The standard InChI is InChI=1S/C18H18OS/c1-12-10-18(20-13(12)2)17(19)11-15-8-5-7-14-6-3-4-9-16(14)15/h3-10,17,19H,11H2,1-2H3. The lowest BCUT2D eigenvalue weighted by Crippen LogP contribution is -2.00. The normalized spacial score (nSPS) is 12.8. The fourth-order valence-electron chi connectivity index (χ4n) is 2.55. The van der Waals surface area contributed by atoms with Gasteiger partial charge in [0.1, 0.15) is 0 Å². The topological polar surface area (TPSA) is 20.2 Å². The number of hydrogen-bond donors (Lipinski definition) is 1. The molecule has 2 aromatic carbocycles. The van der Waals surface area contributed by atoms with Gasteiger partial charge in [-0.25, -0.2) is 0 Å². The van der Waals surface area contributed by atoms with Crippen LogP contribution in [0.25, 0.3) is 10.8 Å². The fourth-order valence-corrected chi connectivity index (χ4v) is 3.57. The number of benzene rings is 2. The Hall–Kier alpha value is -1.64. The minimum absolute atomic E-state index is 0.418. The van der Waals surface area contributed by atoms with Gasteiger partial charge in [0, 0.05) is 16.2 Å². The molecule has 1 N–H and O–H groups in total. The van der Waals surface area contributed by atoms with E-state index >= 15 is 0 Å². The van der Waals surface area contributed by atoms with Gasteiger partial charge in [-0.3, -0.25) is 0 Å². The third-order valence-corrected chi connectivity index (χ3v) is 5.06. The molecule has 102 valence electrons. The van der Waals surface area contributed by atoms with Gasteiger partial charge in [0.05, 0.1) is 6.10 Å². The summed E-state index contributed by atoms with van der Waals surface area (Å²) >= 11 is 1.70. The number of aliphatic hydroxyl groups excluding tert-OH is 1. The average molecular weight is 282 g/mol. The molecule has 0 bridgehead atoms. The molecule has 0 saturated heterocycles. The van der Waals surface area contributed by atoms with Crippen molar-refractivity contribution in [2.24, 2.45) is 0 Å². The second-order valence-electron chi connectivity index (χ2n) is 5.25. The summed E-state index contributed by atoms with van der Waals surface area (Å²) in [6.07, 6.45) is 0.249. The molecule has 1 aromatic heterocycles. The van der Waals surface area contributed by atoms with Gasteiger partial charge in [-0.05, 0) is 41.8 Å². The van der Waals surface area contributed by atoms with Crippen LogP contribution in [0.5, 0.6) is 0 Å². The van der Waals surface area contributed by atoms with Gasteiger partial charge in [0.2, 0.25) is 0 Å². The second-order valence-corrected chi connectivity index (χ2v) is 6.53. The van der Waals surface area contributed by atoms with Gasteiger partial charge < -0.3 is 5.11 Å². The zero-order valence-electron chi connectivity index (χ0n) is 11.8. The summed E-state index contributed by atoms with van der Waals surface area (Å²) < 4.78 is 0. The van der Waals surface area contributed by atoms with Crippen molar-refractivity contribution in [1.82, 2.24) is 0 Å². The Bertz CT molecular complexity index is 717. The first-order valence-electron chi connectivity index (χ1n) is 6.87. The van der Waals surface area contributed by atoms with E-state index in [9.17, 15) is 5.11 Å². The Balaban J connectivity index is 1.93. The summed E-state index contributed by atoms with van der Waals surface area (Å²) in [7, 11) is 0. The SMILES string of the molecule is Cc1cc(C(O)Cc2cccc3ccccc23)sc1C. The number of fused-ring (bicyclic) bond motifs is 1. The smallest absolute Gasteiger partial charge is 0.0922 e. The third kappa shape index (κ3) is 2.49. The summed E-state index contributed by atoms with van der Waals surface area (Å²) in [5.74, 6) is 0. The summed E-state index contributed by atoms with van der Waals surface area (Å²) in [4.78, 5) is 2.35. The Morgan fingerprint density at radius 3 is 2.55 bits per heavy atom. The monoisotopic (exact) mass is 282 g/mol. The molecule has 3 aromatic rings. The molecule has 1 nitrogen and oxygen atoms in total. The first-order chi connectivity index (χ1) is 9.65. The van der Waals surface area contributed by atoms with Crippen LogP contribution >= 0.6 is 11.3 Å². The molecule has 3 rings (SSSR count). The molecule has 0 radical (unpaired) electrons. The molecule has 1 unspecified atom stereocenters. The first kappa shape index (κ1) is 13.3. The molecule has 0 saturated carbocycles. The highest BCUT2D eigenvalue weighted by molar-refractivity contribution is 7.12. The minimum Gasteiger partial charge on any atom is -0.387 e. The Morgan fingerprint density at radius 2 is 1.80 bits per heavy atom. The largest absolute Gasteiger partial charge is 0.387 e. The predicted octanol–water partition coefficient (Wildman–Crippen LogP) is 4.79. The lowest BCUT2D eigenvalue weighted by Gasteiger charge is -2.11. The number of rotatable bonds is 3. The van der Waals surface area contributed by atoms with Gasteiger partial charge >= 0.3 is 0 Å². The second kappa shape index (κ2) is 5.39. The molecule has 1 heterocycles. The van der Waals surface area contributed by atoms with Crippen LogP contribution < -0.4 is 0 Å². The van der Waals surface area contributed by atoms with E-state index in [4.69, 9.17) is 0 Å². The maximum Gasteiger partial charge on any atom is 0.0922 e. The molecule has 0 fully saturated rings. The maximum atomic E-state index is 10.5. The van der Waals surface area contributed by atoms with E-state index in [-0.39, 0.29) is 0 Å². The van der Waals surface area contributed by atoms with Crippen molar-refractivity contribution in [3.63, 3.8) is 0 Å². The fraction of sp³-hybridized carbons (Fsp3) is 0.222. The molecule has 2 heteroatoms. The van der Waals surface area contributed by atoms with E-state index in [0.29, 0.717) is 6.42 Å². The molecule has 0 spiro atoms. The van der Waals surface area contributed by atoms with E-state index in [1.165, 1.54) is 26.8 Å². The maximum absolute atomic E-state index is 10.5. The summed E-state index contributed by atoms with van der Waals surface area (Å²) in [6.45, 7) is 4.20. The molecular formula is C18H18OS. The molecular weight excluding hydrogens is 264 g/mol. The highest BCUT2D eigenvalue weighted by Gasteiger charge is 2.13. The lowest BCUT2D eigenvalue weighted by atomic mass is 9.99. The van der Waals surface area contributed by atoms with Crippen LogP contribution in [0.3, 0.4) is 0 Å². The average Bonchev–Trinajstić information content (AvgIpc) is 2.79. The highest BCUT2D eigenvalue weighted by Crippen LogP contribution is 2.30. The van der Waals surface area contributed by atoms with Crippen molar-refractivity contribution in [3.8, 4) is 0 Å². The van der Waals surface area contributed by atoms with Gasteiger partial charge in [-0.15, -0.1) is 11.3 Å². The van der Waals surface area contributed by atoms with Crippen LogP contribution in [0.1, 0.15) is 27.0 Å². The number of hydrogen-bond acceptors (Lipinski definition) is 2. The first-order valence-corrected chi connectivity index (χ1v) is 7.68. The summed E-state index contributed by atoms with van der Waals surface area (Å²) in [5.41, 5.74) is 2.47. The molecule has 0 amide bonds. The minimum atomic E-state index is -0.418. The van der Waals surface area contributed by atoms with Crippen molar-refractivity contribution >= 4 is 22.1 Å². The van der Waals surface area contributed by atoms with Crippen LogP contribution in [0.4, 0.5) is 0 Å². The van der Waals surface area contributed by atoms with Gasteiger partial charge in [-0.2, -0.15) is 0 Å². The third-order valence-electron chi connectivity index (χ3n) is 3.81.